The summed E-state index contributed by atoms with van der Waals surface area (Å²) in [6.07, 6.45) is 0. The van der Waals surface area contributed by atoms with Gasteiger partial charge in [-0.25, -0.2) is 0 Å². The van der Waals surface area contributed by atoms with Crippen LogP contribution in [0.3, 0.4) is 0 Å². The normalized spacial score (nSPS) is 12.3. The Hall–Kier alpha value is -9.82. The molecule has 0 unspecified atom stereocenters. The number of hydrogen-bond donors (Lipinski definition) is 0. The third-order valence-corrected chi connectivity index (χ3v) is 15.8. The number of benzene rings is 13. The zero-order valence-electron chi connectivity index (χ0n) is 41.9. The van der Waals surface area contributed by atoms with Crippen molar-refractivity contribution in [3.8, 4) is 66.8 Å². The molecule has 1 nitrogen and oxygen atoms in total. The highest BCUT2D eigenvalue weighted by atomic mass is 15.2. The highest BCUT2D eigenvalue weighted by molar-refractivity contribution is 6.23. The largest absolute Gasteiger partial charge is 0.309 e. The molecule has 0 atom stereocenters. The molecule has 13 aromatic rings. The molecule has 0 amide bonds. The smallest absolute Gasteiger partial charge is 0.0714 e. The summed E-state index contributed by atoms with van der Waals surface area (Å²) < 4.78 is 0. The third-order valence-electron chi connectivity index (χ3n) is 15.8. The molecule has 0 aromatic heterocycles. The first kappa shape index (κ1) is 44.8. The van der Waals surface area contributed by atoms with Crippen molar-refractivity contribution in [1.29, 1.82) is 0 Å². The van der Waals surface area contributed by atoms with E-state index in [1.165, 1.54) is 99.4 Å². The van der Waals surface area contributed by atoms with E-state index in [4.69, 9.17) is 0 Å². The molecule has 0 N–H and O–H groups in total. The summed E-state index contributed by atoms with van der Waals surface area (Å²) in [6.45, 7) is 0. The first-order valence-electron chi connectivity index (χ1n) is 26.3. The summed E-state index contributed by atoms with van der Waals surface area (Å²) in [7, 11) is 0. The number of anilines is 3. The van der Waals surface area contributed by atoms with Crippen molar-refractivity contribution in [3.05, 3.63) is 332 Å². The molecule has 0 fully saturated rings. The lowest BCUT2D eigenvalue weighted by Gasteiger charge is -2.35. The maximum absolute atomic E-state index is 2.60. The minimum atomic E-state index is -0.583. The summed E-state index contributed by atoms with van der Waals surface area (Å²) in [5.74, 6) is 0. The van der Waals surface area contributed by atoms with E-state index in [1.54, 1.807) is 0 Å². The molecule has 1 aliphatic rings. The summed E-state index contributed by atoms with van der Waals surface area (Å²) >= 11 is 0. The van der Waals surface area contributed by atoms with Crippen LogP contribution in [0.2, 0.25) is 0 Å². The summed E-state index contributed by atoms with van der Waals surface area (Å²) in [4.78, 5) is 2.60. The molecule has 0 heterocycles. The molecule has 1 aliphatic carbocycles. The SMILES string of the molecule is c1ccc(-c2ccc(-c3ccc(N(c4cccc5c4-c4ccccc4C5(c4ccccc4)c4ccccc4)c4c(-c5cccc(-c6ccccc6-c6ccccc6)c5)c5ccccc5c5ccccc45)cc3)cc2)cc1. The molecule has 0 saturated carbocycles. The second-order valence-corrected chi connectivity index (χ2v) is 19.9. The maximum Gasteiger partial charge on any atom is 0.0714 e. The average molecular weight is 966 g/mol. The van der Waals surface area contributed by atoms with Crippen molar-refractivity contribution in [1.82, 2.24) is 0 Å². The van der Waals surface area contributed by atoms with Crippen molar-refractivity contribution < 1.29 is 0 Å². The van der Waals surface area contributed by atoms with E-state index in [1.807, 2.05) is 0 Å². The number of nitrogens with zero attached hydrogens (tertiary/aromatic N) is 1. The Labute approximate surface area is 444 Å². The van der Waals surface area contributed by atoms with Crippen LogP contribution in [0.5, 0.6) is 0 Å². The predicted molar refractivity (Wildman–Crippen MR) is 321 cm³/mol. The van der Waals surface area contributed by atoms with Crippen molar-refractivity contribution >= 4 is 38.6 Å². The van der Waals surface area contributed by atoms with Gasteiger partial charge in [0, 0.05) is 22.2 Å². The van der Waals surface area contributed by atoms with Gasteiger partial charge in [0.15, 0.2) is 0 Å². The first-order valence-corrected chi connectivity index (χ1v) is 26.3. The quantitative estimate of drug-likeness (QED) is 0.123. The van der Waals surface area contributed by atoms with Gasteiger partial charge in [0.25, 0.3) is 0 Å². The van der Waals surface area contributed by atoms with E-state index in [9.17, 15) is 0 Å². The van der Waals surface area contributed by atoms with Crippen LogP contribution >= 0.6 is 0 Å². The van der Waals surface area contributed by atoms with Crippen LogP contribution in [0.4, 0.5) is 17.1 Å². The van der Waals surface area contributed by atoms with Gasteiger partial charge in [-0.05, 0) is 118 Å². The van der Waals surface area contributed by atoms with Crippen molar-refractivity contribution in [2.24, 2.45) is 0 Å². The zero-order valence-corrected chi connectivity index (χ0v) is 41.9. The topological polar surface area (TPSA) is 3.24 Å². The Morgan fingerprint density at radius 1 is 0.237 bits per heavy atom. The summed E-state index contributed by atoms with van der Waals surface area (Å²) in [6, 6.07) is 114. The standard InChI is InChI=1S/C75H51N/c1-5-23-52(24-6-1)53-43-45-54(46-44-53)55-47-49-61(50-48-55)76(71-42-22-41-70-73(71)68-39-19-20-40-69(68)75(70,59-29-9-3-10-30-59)60-31-11-4-12-32-60)74-67-38-18-16-36-65(67)64-35-15-17-37-66(64)72(74)58-28-21-27-57(51-58)63-34-14-13-33-62(63)56-25-7-2-8-26-56/h1-51H. The fourth-order valence-electron chi connectivity index (χ4n) is 12.4. The van der Waals surface area contributed by atoms with Crippen LogP contribution in [-0.4, -0.2) is 0 Å². The Morgan fingerprint density at radius 2 is 0.645 bits per heavy atom. The van der Waals surface area contributed by atoms with Gasteiger partial charge in [0.05, 0.1) is 16.8 Å². The molecule has 0 aliphatic heterocycles. The van der Waals surface area contributed by atoms with Gasteiger partial charge in [-0.15, -0.1) is 0 Å². The first-order chi connectivity index (χ1) is 37.7. The number of rotatable bonds is 10. The molecule has 1 heteroatoms. The average Bonchev–Trinajstić information content (AvgIpc) is 3.83. The number of fused-ring (bicyclic) bond motifs is 6. The third kappa shape index (κ3) is 7.39. The minimum Gasteiger partial charge on any atom is -0.309 e. The van der Waals surface area contributed by atoms with Crippen LogP contribution in [0.25, 0.3) is 88.3 Å². The molecule has 0 bridgehead atoms. The molecule has 13 aromatic carbocycles. The van der Waals surface area contributed by atoms with Gasteiger partial charge in [0.1, 0.15) is 0 Å². The van der Waals surface area contributed by atoms with Crippen LogP contribution in [0, 0.1) is 0 Å². The molecule has 0 radical (unpaired) electrons. The monoisotopic (exact) mass is 965 g/mol. The molecule has 0 saturated heterocycles. The second-order valence-electron chi connectivity index (χ2n) is 19.9. The van der Waals surface area contributed by atoms with E-state index < -0.39 is 5.41 Å². The fraction of sp³-hybridized carbons (Fsp3) is 0.0133. The molecular formula is C75H51N. The molecule has 356 valence electrons. The van der Waals surface area contributed by atoms with Gasteiger partial charge in [-0.3, -0.25) is 0 Å². The summed E-state index contributed by atoms with van der Waals surface area (Å²) in [5.41, 5.74) is 22.0. The van der Waals surface area contributed by atoms with Gasteiger partial charge in [-0.2, -0.15) is 0 Å². The fourth-order valence-corrected chi connectivity index (χ4v) is 12.4. The van der Waals surface area contributed by atoms with E-state index in [0.717, 1.165) is 28.2 Å². The molecule has 76 heavy (non-hydrogen) atoms. The molecular weight excluding hydrogens is 915 g/mol. The van der Waals surface area contributed by atoms with Crippen LogP contribution in [0.1, 0.15) is 22.3 Å². The lowest BCUT2D eigenvalue weighted by molar-refractivity contribution is 0.768. The van der Waals surface area contributed by atoms with Crippen LogP contribution in [-0.2, 0) is 5.41 Å². The van der Waals surface area contributed by atoms with Crippen molar-refractivity contribution in [2.45, 2.75) is 5.41 Å². The van der Waals surface area contributed by atoms with Crippen molar-refractivity contribution in [3.63, 3.8) is 0 Å². The second kappa shape index (κ2) is 18.9. The van der Waals surface area contributed by atoms with Crippen LogP contribution in [0.15, 0.2) is 309 Å². The highest BCUT2D eigenvalue weighted by Gasteiger charge is 2.47. The van der Waals surface area contributed by atoms with Gasteiger partial charge in [0.2, 0.25) is 0 Å². The lowest BCUT2D eigenvalue weighted by Crippen LogP contribution is -2.28. The van der Waals surface area contributed by atoms with E-state index >= 15 is 0 Å². The maximum atomic E-state index is 2.60. The van der Waals surface area contributed by atoms with Gasteiger partial charge >= 0.3 is 0 Å². The summed E-state index contributed by atoms with van der Waals surface area (Å²) in [5, 5.41) is 4.80. The Kier molecular flexibility index (Phi) is 11.2. The van der Waals surface area contributed by atoms with Gasteiger partial charge in [-0.1, -0.05) is 285 Å². The predicted octanol–water partition coefficient (Wildman–Crippen LogP) is 20.2. The minimum absolute atomic E-state index is 0.583. The lowest BCUT2D eigenvalue weighted by atomic mass is 9.68. The van der Waals surface area contributed by atoms with Crippen LogP contribution < -0.4 is 4.90 Å². The highest BCUT2D eigenvalue weighted by Crippen LogP contribution is 2.61. The molecule has 14 rings (SSSR count). The Bertz CT molecular complexity index is 4200. The van der Waals surface area contributed by atoms with Crippen molar-refractivity contribution in [2.75, 3.05) is 4.90 Å². The number of hydrogen-bond acceptors (Lipinski definition) is 1. The Morgan fingerprint density at radius 3 is 1.26 bits per heavy atom. The van der Waals surface area contributed by atoms with Gasteiger partial charge < -0.3 is 4.90 Å². The van der Waals surface area contributed by atoms with E-state index in [2.05, 4.69) is 314 Å². The van der Waals surface area contributed by atoms with E-state index in [0.29, 0.717) is 0 Å². The molecule has 0 spiro atoms. The van der Waals surface area contributed by atoms with E-state index in [-0.39, 0.29) is 0 Å². The Balaban J connectivity index is 1.06. The zero-order chi connectivity index (χ0) is 50.4.